The molecule has 0 aliphatic heterocycles. The molecule has 5 nitrogen and oxygen atoms in total. The van der Waals surface area contributed by atoms with Crippen molar-refractivity contribution in [1.29, 1.82) is 0 Å². The standard InChI is InChI=1S/C18H27ClN2O3/c1-6-18(7-2,13-8-10-14(19)11-9-13)21-15(22)12-20-16(23)24-17(3,4)5/h8-11H,6-7,12H2,1-5H3,(H,20,23)(H,21,22). The summed E-state index contributed by atoms with van der Waals surface area (Å²) in [5, 5.41) is 6.16. The monoisotopic (exact) mass is 354 g/mol. The van der Waals surface area contributed by atoms with Crippen LogP contribution in [0.25, 0.3) is 0 Å². The SMILES string of the molecule is CCC(CC)(NC(=O)CNC(=O)OC(C)(C)C)c1ccc(Cl)cc1. The van der Waals surface area contributed by atoms with E-state index in [1.807, 2.05) is 38.1 Å². The van der Waals surface area contributed by atoms with Gasteiger partial charge in [0.1, 0.15) is 12.1 Å². The predicted molar refractivity (Wildman–Crippen MR) is 96.1 cm³/mol. The Labute approximate surface area is 149 Å². The van der Waals surface area contributed by atoms with Gasteiger partial charge in [-0.25, -0.2) is 4.79 Å². The van der Waals surface area contributed by atoms with Gasteiger partial charge >= 0.3 is 6.09 Å². The second-order valence-electron chi connectivity index (χ2n) is 6.70. The van der Waals surface area contributed by atoms with Gasteiger partial charge < -0.3 is 15.4 Å². The van der Waals surface area contributed by atoms with Crippen LogP contribution in [0.3, 0.4) is 0 Å². The average molecular weight is 355 g/mol. The molecule has 0 heterocycles. The Hall–Kier alpha value is -1.75. The van der Waals surface area contributed by atoms with E-state index in [9.17, 15) is 9.59 Å². The molecule has 0 aliphatic carbocycles. The smallest absolute Gasteiger partial charge is 0.408 e. The highest BCUT2D eigenvalue weighted by atomic mass is 35.5. The topological polar surface area (TPSA) is 67.4 Å². The maximum atomic E-state index is 12.3. The molecule has 0 unspecified atom stereocenters. The summed E-state index contributed by atoms with van der Waals surface area (Å²) in [6, 6.07) is 7.44. The van der Waals surface area contributed by atoms with Gasteiger partial charge in [0, 0.05) is 5.02 Å². The van der Waals surface area contributed by atoms with E-state index in [-0.39, 0.29) is 12.5 Å². The molecule has 0 radical (unpaired) electrons. The molecule has 6 heteroatoms. The van der Waals surface area contributed by atoms with E-state index >= 15 is 0 Å². The summed E-state index contributed by atoms with van der Waals surface area (Å²) in [5.41, 5.74) is -0.0971. The molecule has 134 valence electrons. The van der Waals surface area contributed by atoms with Crippen molar-refractivity contribution >= 4 is 23.6 Å². The Kier molecular flexibility index (Phi) is 7.08. The molecule has 0 spiro atoms. The molecular formula is C18H27ClN2O3. The number of ether oxygens (including phenoxy) is 1. The van der Waals surface area contributed by atoms with Crippen LogP contribution in [0.15, 0.2) is 24.3 Å². The predicted octanol–water partition coefficient (Wildman–Crippen LogP) is 4.00. The van der Waals surface area contributed by atoms with E-state index < -0.39 is 17.2 Å². The Morgan fingerprint density at radius 2 is 1.62 bits per heavy atom. The first kappa shape index (κ1) is 20.3. The van der Waals surface area contributed by atoms with Crippen LogP contribution in [0, 0.1) is 0 Å². The van der Waals surface area contributed by atoms with Crippen molar-refractivity contribution in [2.24, 2.45) is 0 Å². The van der Waals surface area contributed by atoms with Crippen LogP contribution < -0.4 is 10.6 Å². The van der Waals surface area contributed by atoms with Crippen molar-refractivity contribution in [3.63, 3.8) is 0 Å². The molecule has 0 saturated carbocycles. The van der Waals surface area contributed by atoms with Crippen LogP contribution >= 0.6 is 11.6 Å². The maximum Gasteiger partial charge on any atom is 0.408 e. The van der Waals surface area contributed by atoms with Gasteiger partial charge in [0.15, 0.2) is 0 Å². The second kappa shape index (κ2) is 8.38. The van der Waals surface area contributed by atoms with E-state index in [0.717, 1.165) is 18.4 Å². The highest BCUT2D eigenvalue weighted by molar-refractivity contribution is 6.30. The van der Waals surface area contributed by atoms with E-state index in [0.29, 0.717) is 5.02 Å². The Balaban J connectivity index is 2.73. The highest BCUT2D eigenvalue weighted by Gasteiger charge is 2.30. The number of carbonyl (C=O) groups is 2. The van der Waals surface area contributed by atoms with E-state index in [2.05, 4.69) is 10.6 Å². The number of hydrogen-bond acceptors (Lipinski definition) is 3. The van der Waals surface area contributed by atoms with Crippen molar-refractivity contribution < 1.29 is 14.3 Å². The molecule has 0 aromatic heterocycles. The molecule has 1 aromatic rings. The number of benzene rings is 1. The molecule has 0 fully saturated rings. The van der Waals surface area contributed by atoms with Gasteiger partial charge in [0.2, 0.25) is 5.91 Å². The van der Waals surface area contributed by atoms with E-state index in [1.54, 1.807) is 20.8 Å². The summed E-state index contributed by atoms with van der Waals surface area (Å²) in [4.78, 5) is 23.9. The molecule has 0 bridgehead atoms. The lowest BCUT2D eigenvalue weighted by Crippen LogP contribution is -2.49. The van der Waals surface area contributed by atoms with E-state index in [4.69, 9.17) is 16.3 Å². The molecule has 0 atom stereocenters. The number of halogens is 1. The molecule has 24 heavy (non-hydrogen) atoms. The van der Waals surface area contributed by atoms with Crippen LogP contribution in [-0.4, -0.2) is 24.1 Å². The van der Waals surface area contributed by atoms with E-state index in [1.165, 1.54) is 0 Å². The van der Waals surface area contributed by atoms with Crippen molar-refractivity contribution in [2.45, 2.75) is 58.6 Å². The second-order valence-corrected chi connectivity index (χ2v) is 7.14. The van der Waals surface area contributed by atoms with Crippen molar-refractivity contribution in [3.05, 3.63) is 34.9 Å². The first-order chi connectivity index (χ1) is 11.1. The molecular weight excluding hydrogens is 328 g/mol. The van der Waals surface area contributed by atoms with Gasteiger partial charge in [-0.2, -0.15) is 0 Å². The zero-order chi connectivity index (χ0) is 18.4. The fraction of sp³-hybridized carbons (Fsp3) is 0.556. The number of alkyl carbamates (subject to hydrolysis) is 1. The number of hydrogen-bond donors (Lipinski definition) is 2. The third kappa shape index (κ3) is 6.04. The lowest BCUT2D eigenvalue weighted by molar-refractivity contribution is -0.122. The maximum absolute atomic E-state index is 12.3. The number of amides is 2. The zero-order valence-corrected chi connectivity index (χ0v) is 15.8. The fourth-order valence-electron chi connectivity index (χ4n) is 2.45. The summed E-state index contributed by atoms with van der Waals surface area (Å²) in [7, 11) is 0. The minimum atomic E-state index is -0.609. The van der Waals surface area contributed by atoms with Gasteiger partial charge in [0.05, 0.1) is 5.54 Å². The average Bonchev–Trinajstić information content (AvgIpc) is 2.50. The number of nitrogens with one attached hydrogen (secondary N) is 2. The Morgan fingerprint density at radius 1 is 1.08 bits per heavy atom. The van der Waals surface area contributed by atoms with Gasteiger partial charge in [0.25, 0.3) is 0 Å². The lowest BCUT2D eigenvalue weighted by Gasteiger charge is -2.33. The van der Waals surface area contributed by atoms with Crippen molar-refractivity contribution in [1.82, 2.24) is 10.6 Å². The lowest BCUT2D eigenvalue weighted by atomic mass is 9.84. The van der Waals surface area contributed by atoms with Crippen LogP contribution in [-0.2, 0) is 15.1 Å². The highest BCUT2D eigenvalue weighted by Crippen LogP contribution is 2.29. The summed E-state index contributed by atoms with van der Waals surface area (Å²) >= 11 is 5.94. The van der Waals surface area contributed by atoms with Gasteiger partial charge in [-0.05, 0) is 51.3 Å². The Bertz CT molecular complexity index is 561. The normalized spacial score (nSPS) is 11.8. The first-order valence-corrected chi connectivity index (χ1v) is 8.53. The largest absolute Gasteiger partial charge is 0.444 e. The number of rotatable bonds is 6. The number of carbonyl (C=O) groups excluding carboxylic acids is 2. The van der Waals surface area contributed by atoms with Gasteiger partial charge in [-0.3, -0.25) is 4.79 Å². The fourth-order valence-corrected chi connectivity index (χ4v) is 2.58. The third-order valence-corrected chi connectivity index (χ3v) is 4.03. The zero-order valence-electron chi connectivity index (χ0n) is 15.0. The summed E-state index contributed by atoms with van der Waals surface area (Å²) in [6.07, 6.45) is 0.842. The molecule has 1 aromatic carbocycles. The minimum absolute atomic E-state index is 0.135. The summed E-state index contributed by atoms with van der Waals surface area (Å²) in [6.45, 7) is 9.20. The van der Waals surface area contributed by atoms with Gasteiger partial charge in [-0.15, -0.1) is 0 Å². The first-order valence-electron chi connectivity index (χ1n) is 8.16. The quantitative estimate of drug-likeness (QED) is 0.811. The van der Waals surface area contributed by atoms with Crippen molar-refractivity contribution in [2.75, 3.05) is 6.54 Å². The Morgan fingerprint density at radius 3 is 2.08 bits per heavy atom. The van der Waals surface area contributed by atoms with Crippen molar-refractivity contribution in [3.8, 4) is 0 Å². The molecule has 0 saturated heterocycles. The van der Waals surface area contributed by atoms with Crippen LogP contribution in [0.4, 0.5) is 4.79 Å². The molecule has 2 amide bonds. The van der Waals surface area contributed by atoms with Crippen LogP contribution in [0.1, 0.15) is 53.0 Å². The molecule has 2 N–H and O–H groups in total. The minimum Gasteiger partial charge on any atom is -0.444 e. The summed E-state index contributed by atoms with van der Waals surface area (Å²) in [5.74, 6) is -0.264. The van der Waals surface area contributed by atoms with Crippen LogP contribution in [0.5, 0.6) is 0 Å². The molecule has 0 aliphatic rings. The molecule has 1 rings (SSSR count). The van der Waals surface area contributed by atoms with Gasteiger partial charge in [-0.1, -0.05) is 37.6 Å². The van der Waals surface area contributed by atoms with Crippen LogP contribution in [0.2, 0.25) is 5.02 Å². The third-order valence-electron chi connectivity index (χ3n) is 3.77. The summed E-state index contributed by atoms with van der Waals surface area (Å²) < 4.78 is 5.12.